The van der Waals surface area contributed by atoms with E-state index < -0.39 is 15.3 Å². The van der Waals surface area contributed by atoms with Crippen molar-refractivity contribution >= 4 is 44.9 Å². The molecule has 7 nitrogen and oxygen atoms in total. The van der Waals surface area contributed by atoms with Gasteiger partial charge in [-0.1, -0.05) is 38.5 Å². The van der Waals surface area contributed by atoms with E-state index in [1.807, 2.05) is 0 Å². The molecular formula is C13H28N2O5S3. The summed E-state index contributed by atoms with van der Waals surface area (Å²) in [6.07, 6.45) is 8.15. The minimum absolute atomic E-state index is 0.113. The molecule has 0 amide bonds. The number of nitrogens with two attached hydrogens (primary N) is 1. The van der Waals surface area contributed by atoms with Gasteiger partial charge < -0.3 is 20.9 Å². The Balaban J connectivity index is 0. The van der Waals surface area contributed by atoms with E-state index in [9.17, 15) is 8.42 Å². The van der Waals surface area contributed by atoms with Crippen LogP contribution in [0.1, 0.15) is 51.4 Å². The first-order valence-electron chi connectivity index (χ1n) is 7.44. The van der Waals surface area contributed by atoms with E-state index in [1.165, 1.54) is 12.8 Å². The van der Waals surface area contributed by atoms with Crippen molar-refractivity contribution in [2.45, 2.75) is 51.4 Å². The lowest BCUT2D eigenvalue weighted by molar-refractivity contribution is 0.391. The van der Waals surface area contributed by atoms with Crippen molar-refractivity contribution in [3.63, 3.8) is 0 Å². The van der Waals surface area contributed by atoms with Crippen molar-refractivity contribution < 1.29 is 22.8 Å². The molecule has 0 unspecified atom stereocenters. The average molecular weight is 389 g/mol. The van der Waals surface area contributed by atoms with Gasteiger partial charge in [-0.05, 0) is 37.3 Å². The predicted octanol–water partition coefficient (Wildman–Crippen LogP) is 2.30. The first-order valence-corrected chi connectivity index (χ1v) is 9.87. The van der Waals surface area contributed by atoms with Crippen molar-refractivity contribution in [3.05, 3.63) is 0 Å². The van der Waals surface area contributed by atoms with Crippen molar-refractivity contribution in [1.29, 1.82) is 0 Å². The molecule has 0 aliphatic carbocycles. The third-order valence-corrected chi connectivity index (χ3v) is 3.90. The molecular weight excluding hydrogens is 360 g/mol. The maximum atomic E-state index is 10.5. The molecule has 0 aromatic rings. The minimum atomic E-state index is -3.77. The Kier molecular flexibility index (Phi) is 17.2. The number of thiocarbonyl (C=S) groups is 2. The van der Waals surface area contributed by atoms with Crippen molar-refractivity contribution in [2.75, 3.05) is 19.4 Å². The third kappa shape index (κ3) is 29.9. The van der Waals surface area contributed by atoms with Gasteiger partial charge in [0.15, 0.2) is 0 Å². The van der Waals surface area contributed by atoms with Crippen LogP contribution in [0, 0.1) is 0 Å². The highest BCUT2D eigenvalue weighted by molar-refractivity contribution is 7.85. The van der Waals surface area contributed by atoms with Gasteiger partial charge in [-0.2, -0.15) is 8.42 Å². The molecule has 0 spiro atoms. The average Bonchev–Trinajstić information content (AvgIpc) is 2.42. The SMILES string of the molecule is COC(=S)NCCCCCCCCCCS(=O)(=O)O.NC(O)=S. The Hall–Kier alpha value is -0.710. The standard InChI is InChI=1S/C12H25NO4S2.CH3NOS/c1-17-12(18)13-10-8-6-4-2-3-5-7-9-11-19(14,15)16;2-1(3)4/h2-11H2,1H3,(H,13,18)(H,14,15,16);(H3,2,3,4). The van der Waals surface area contributed by atoms with Gasteiger partial charge in [-0.3, -0.25) is 4.55 Å². The molecule has 0 aliphatic heterocycles. The quantitative estimate of drug-likeness (QED) is 0.240. The zero-order chi connectivity index (χ0) is 18.1. The van der Waals surface area contributed by atoms with Crippen LogP contribution >= 0.6 is 24.4 Å². The largest absolute Gasteiger partial charge is 0.487 e. The van der Waals surface area contributed by atoms with Crippen LogP contribution in [0.4, 0.5) is 0 Å². The fourth-order valence-corrected chi connectivity index (χ4v) is 2.40. The van der Waals surface area contributed by atoms with E-state index in [4.69, 9.17) is 26.6 Å². The number of ether oxygens (including phenoxy) is 1. The molecule has 5 N–H and O–H groups in total. The molecule has 0 saturated heterocycles. The highest BCUT2D eigenvalue weighted by atomic mass is 32.2. The molecule has 0 radical (unpaired) electrons. The van der Waals surface area contributed by atoms with Gasteiger partial charge in [0.25, 0.3) is 20.5 Å². The summed E-state index contributed by atoms with van der Waals surface area (Å²) in [5.41, 5.74) is 4.40. The van der Waals surface area contributed by atoms with E-state index in [1.54, 1.807) is 7.11 Å². The van der Waals surface area contributed by atoms with Gasteiger partial charge >= 0.3 is 0 Å². The summed E-state index contributed by atoms with van der Waals surface area (Å²) in [7, 11) is -2.22. The Labute approximate surface area is 149 Å². The van der Waals surface area contributed by atoms with Gasteiger partial charge in [0.1, 0.15) is 0 Å². The maximum Gasteiger partial charge on any atom is 0.264 e. The van der Waals surface area contributed by atoms with Crippen molar-refractivity contribution in [3.8, 4) is 0 Å². The summed E-state index contributed by atoms with van der Waals surface area (Å²) < 4.78 is 34.3. The van der Waals surface area contributed by atoms with Gasteiger partial charge in [-0.25, -0.2) is 0 Å². The lowest BCUT2D eigenvalue weighted by Gasteiger charge is -2.05. The fourth-order valence-electron chi connectivity index (χ4n) is 1.73. The number of unbranched alkanes of at least 4 members (excludes halogenated alkanes) is 7. The van der Waals surface area contributed by atoms with Crippen LogP contribution in [0.25, 0.3) is 0 Å². The number of hydrogen-bond donors (Lipinski definition) is 4. The van der Waals surface area contributed by atoms with Crippen molar-refractivity contribution in [1.82, 2.24) is 5.32 Å². The second-order valence-corrected chi connectivity index (χ2v) is 7.23. The molecule has 10 heteroatoms. The van der Waals surface area contributed by atoms with Crippen LogP contribution in [0.3, 0.4) is 0 Å². The predicted molar refractivity (Wildman–Crippen MR) is 100 cm³/mol. The number of hydrogen-bond acceptors (Lipinski definition) is 5. The summed E-state index contributed by atoms with van der Waals surface area (Å²) in [6, 6.07) is 0. The number of aliphatic hydroxyl groups is 1. The molecule has 0 aliphatic rings. The first kappa shape index (κ1) is 24.5. The first-order chi connectivity index (χ1) is 10.7. The summed E-state index contributed by atoms with van der Waals surface area (Å²) in [5.74, 6) is -0.113. The smallest absolute Gasteiger partial charge is 0.264 e. The molecule has 0 rings (SSSR count). The van der Waals surface area contributed by atoms with Crippen LogP contribution in [0.2, 0.25) is 0 Å². The summed E-state index contributed by atoms with van der Waals surface area (Å²) >= 11 is 8.72. The minimum Gasteiger partial charge on any atom is -0.487 e. The maximum absolute atomic E-state index is 10.5. The lowest BCUT2D eigenvalue weighted by atomic mass is 10.1. The normalized spacial score (nSPS) is 10.3. The fraction of sp³-hybridized carbons (Fsp3) is 0.846. The van der Waals surface area contributed by atoms with Gasteiger partial charge in [-0.15, -0.1) is 0 Å². The van der Waals surface area contributed by atoms with Crippen LogP contribution in [0.15, 0.2) is 0 Å². The Bertz CT molecular complexity index is 412. The molecule has 0 fully saturated rings. The summed E-state index contributed by atoms with van der Waals surface area (Å²) in [6.45, 7) is 0.848. The van der Waals surface area contributed by atoms with Crippen LogP contribution in [-0.2, 0) is 14.9 Å². The number of methoxy groups -OCH3 is 1. The molecule has 0 saturated carbocycles. The van der Waals surface area contributed by atoms with Gasteiger partial charge in [0.05, 0.1) is 12.9 Å². The van der Waals surface area contributed by atoms with E-state index >= 15 is 0 Å². The monoisotopic (exact) mass is 388 g/mol. The number of nitrogens with one attached hydrogen (secondary N) is 1. The molecule has 0 aromatic carbocycles. The molecule has 23 heavy (non-hydrogen) atoms. The van der Waals surface area contributed by atoms with Crippen LogP contribution < -0.4 is 11.1 Å². The zero-order valence-electron chi connectivity index (χ0n) is 13.5. The van der Waals surface area contributed by atoms with E-state index in [2.05, 4.69) is 23.3 Å². The lowest BCUT2D eigenvalue weighted by Crippen LogP contribution is -2.23. The summed E-state index contributed by atoms with van der Waals surface area (Å²) in [5, 5.41) is 10.5. The molecule has 0 heterocycles. The Morgan fingerprint density at radius 1 is 1.04 bits per heavy atom. The van der Waals surface area contributed by atoms with Crippen LogP contribution in [0.5, 0.6) is 0 Å². The number of rotatable bonds is 11. The Morgan fingerprint density at radius 2 is 1.43 bits per heavy atom. The molecule has 0 atom stereocenters. The topological polar surface area (TPSA) is 122 Å². The third-order valence-electron chi connectivity index (χ3n) is 2.78. The zero-order valence-corrected chi connectivity index (χ0v) is 15.9. The second-order valence-electron chi connectivity index (χ2n) is 4.87. The van der Waals surface area contributed by atoms with Gasteiger partial charge in [0.2, 0.25) is 0 Å². The van der Waals surface area contributed by atoms with Gasteiger partial charge in [0, 0.05) is 6.54 Å². The van der Waals surface area contributed by atoms with Crippen LogP contribution in [-0.4, -0.2) is 47.8 Å². The number of aliphatic hydroxyl groups excluding tert-OH is 1. The van der Waals surface area contributed by atoms with Crippen molar-refractivity contribution in [2.24, 2.45) is 5.73 Å². The molecule has 138 valence electrons. The second kappa shape index (κ2) is 16.2. The molecule has 0 bridgehead atoms. The highest BCUT2D eigenvalue weighted by Crippen LogP contribution is 2.08. The van der Waals surface area contributed by atoms with E-state index in [0.717, 1.165) is 38.6 Å². The molecule has 0 aromatic heterocycles. The highest BCUT2D eigenvalue weighted by Gasteiger charge is 2.02. The summed E-state index contributed by atoms with van der Waals surface area (Å²) in [4.78, 5) is 0. The Morgan fingerprint density at radius 3 is 1.83 bits per heavy atom. The van der Waals surface area contributed by atoms with E-state index in [0.29, 0.717) is 11.6 Å². The van der Waals surface area contributed by atoms with E-state index in [-0.39, 0.29) is 5.75 Å².